The van der Waals surface area contributed by atoms with Gasteiger partial charge in [-0.15, -0.1) is 11.6 Å². The van der Waals surface area contributed by atoms with Crippen molar-refractivity contribution >= 4 is 34.8 Å². The van der Waals surface area contributed by atoms with Gasteiger partial charge in [-0.25, -0.2) is 4.68 Å². The maximum absolute atomic E-state index is 6.28. The second kappa shape index (κ2) is 5.96. The molecule has 1 aromatic carbocycles. The van der Waals surface area contributed by atoms with Crippen LogP contribution in [0.1, 0.15) is 23.7 Å². The highest BCUT2D eigenvalue weighted by Gasteiger charge is 2.14. The molecule has 2 nitrogen and oxygen atoms in total. The van der Waals surface area contributed by atoms with Gasteiger partial charge < -0.3 is 0 Å². The molecule has 0 unspecified atom stereocenters. The van der Waals surface area contributed by atoms with Crippen molar-refractivity contribution in [2.75, 3.05) is 0 Å². The van der Waals surface area contributed by atoms with Crippen LogP contribution in [0, 0.1) is 0 Å². The summed E-state index contributed by atoms with van der Waals surface area (Å²) >= 11 is 18.1. The Morgan fingerprint density at radius 3 is 2.61 bits per heavy atom. The van der Waals surface area contributed by atoms with Gasteiger partial charge in [0.2, 0.25) is 0 Å². The lowest BCUT2D eigenvalue weighted by Crippen LogP contribution is -2.02. The maximum Gasteiger partial charge on any atom is 0.132 e. The van der Waals surface area contributed by atoms with Crippen LogP contribution < -0.4 is 0 Å². The predicted octanol–water partition coefficient (Wildman–Crippen LogP) is 4.54. The van der Waals surface area contributed by atoms with Gasteiger partial charge in [0.15, 0.2) is 0 Å². The van der Waals surface area contributed by atoms with Gasteiger partial charge in [-0.1, -0.05) is 42.3 Å². The number of rotatable bonds is 4. The molecule has 1 heterocycles. The number of hydrogen-bond acceptors (Lipinski definition) is 1. The largest absolute Gasteiger partial charge is 0.249 e. The van der Waals surface area contributed by atoms with Gasteiger partial charge in [0.05, 0.1) is 18.1 Å². The summed E-state index contributed by atoms with van der Waals surface area (Å²) in [6.07, 6.45) is 0.824. The van der Waals surface area contributed by atoms with Crippen molar-refractivity contribution in [2.24, 2.45) is 0 Å². The van der Waals surface area contributed by atoms with E-state index in [4.69, 9.17) is 34.8 Å². The molecule has 0 amide bonds. The Hall–Kier alpha value is -0.700. The summed E-state index contributed by atoms with van der Waals surface area (Å²) in [4.78, 5) is 0. The zero-order valence-corrected chi connectivity index (χ0v) is 12.2. The highest BCUT2D eigenvalue weighted by atomic mass is 35.5. The fraction of sp³-hybridized carbons (Fsp3) is 0.308. The van der Waals surface area contributed by atoms with E-state index < -0.39 is 0 Å². The Morgan fingerprint density at radius 2 is 2.06 bits per heavy atom. The number of alkyl halides is 1. The number of aryl methyl sites for hydroxylation is 1. The molecule has 0 bridgehead atoms. The molecule has 0 atom stereocenters. The van der Waals surface area contributed by atoms with E-state index in [0.717, 1.165) is 23.2 Å². The van der Waals surface area contributed by atoms with Crippen molar-refractivity contribution < 1.29 is 0 Å². The van der Waals surface area contributed by atoms with Crippen LogP contribution >= 0.6 is 34.8 Å². The molecule has 18 heavy (non-hydrogen) atoms. The smallest absolute Gasteiger partial charge is 0.132 e. The average molecular weight is 304 g/mol. The second-order valence-electron chi connectivity index (χ2n) is 3.99. The topological polar surface area (TPSA) is 17.8 Å². The molecule has 5 heteroatoms. The Kier molecular flexibility index (Phi) is 4.55. The van der Waals surface area contributed by atoms with Crippen LogP contribution in [0.5, 0.6) is 0 Å². The van der Waals surface area contributed by atoms with Crippen LogP contribution in [0.4, 0.5) is 0 Å². The molecule has 0 fully saturated rings. The van der Waals surface area contributed by atoms with E-state index in [0.29, 0.717) is 22.6 Å². The summed E-state index contributed by atoms with van der Waals surface area (Å²) in [5.41, 5.74) is 2.94. The fourth-order valence-corrected chi connectivity index (χ4v) is 2.69. The lowest BCUT2D eigenvalue weighted by molar-refractivity contribution is 0.674. The van der Waals surface area contributed by atoms with Gasteiger partial charge in [0, 0.05) is 10.6 Å². The molecule has 2 rings (SSSR count). The Balaban J connectivity index is 2.32. The molecule has 0 spiro atoms. The van der Waals surface area contributed by atoms with E-state index in [2.05, 4.69) is 5.10 Å². The molecule has 0 N–H and O–H groups in total. The van der Waals surface area contributed by atoms with E-state index in [9.17, 15) is 0 Å². The molecule has 2 aromatic rings. The summed E-state index contributed by atoms with van der Waals surface area (Å²) in [6, 6.07) is 7.66. The first kappa shape index (κ1) is 13.7. The Labute approximate surface area is 121 Å². The van der Waals surface area contributed by atoms with Crippen molar-refractivity contribution in [3.8, 4) is 0 Å². The van der Waals surface area contributed by atoms with Gasteiger partial charge in [0.25, 0.3) is 0 Å². The number of nitrogens with zero attached hydrogens (tertiary/aromatic N) is 2. The van der Waals surface area contributed by atoms with Gasteiger partial charge in [-0.2, -0.15) is 5.10 Å². The van der Waals surface area contributed by atoms with E-state index in [-0.39, 0.29) is 0 Å². The third kappa shape index (κ3) is 2.82. The van der Waals surface area contributed by atoms with Crippen molar-refractivity contribution in [2.45, 2.75) is 25.8 Å². The van der Waals surface area contributed by atoms with Crippen molar-refractivity contribution in [3.63, 3.8) is 0 Å². The van der Waals surface area contributed by atoms with Gasteiger partial charge in [0.1, 0.15) is 5.15 Å². The molecule has 0 aliphatic rings. The number of hydrogen-bond donors (Lipinski definition) is 0. The quantitative estimate of drug-likeness (QED) is 0.758. The first-order chi connectivity index (χ1) is 8.65. The molecule has 0 aliphatic carbocycles. The van der Waals surface area contributed by atoms with Crippen LogP contribution in [-0.2, 0) is 18.8 Å². The number of halogens is 3. The molecule has 0 radical (unpaired) electrons. The molecule has 1 aromatic heterocycles. The monoisotopic (exact) mass is 302 g/mol. The van der Waals surface area contributed by atoms with Crippen LogP contribution in [-0.4, -0.2) is 9.78 Å². The van der Waals surface area contributed by atoms with E-state index in [1.807, 2.05) is 31.2 Å². The third-order valence-corrected chi connectivity index (χ3v) is 3.68. The van der Waals surface area contributed by atoms with E-state index >= 15 is 0 Å². The van der Waals surface area contributed by atoms with Crippen LogP contribution in [0.2, 0.25) is 10.2 Å². The molecular formula is C13H13Cl3N2. The van der Waals surface area contributed by atoms with Crippen molar-refractivity contribution in [3.05, 3.63) is 51.3 Å². The lowest BCUT2D eigenvalue weighted by Gasteiger charge is -2.04. The average Bonchev–Trinajstić information content (AvgIpc) is 2.66. The molecule has 96 valence electrons. The first-order valence-electron chi connectivity index (χ1n) is 5.70. The summed E-state index contributed by atoms with van der Waals surface area (Å²) in [5.74, 6) is 0.386. The summed E-state index contributed by atoms with van der Waals surface area (Å²) in [7, 11) is 0. The highest BCUT2D eigenvalue weighted by Crippen LogP contribution is 2.24. The van der Waals surface area contributed by atoms with E-state index in [1.165, 1.54) is 0 Å². The number of benzene rings is 1. The third-order valence-electron chi connectivity index (χ3n) is 2.76. The highest BCUT2D eigenvalue weighted by molar-refractivity contribution is 6.31. The van der Waals surface area contributed by atoms with Crippen molar-refractivity contribution in [1.29, 1.82) is 0 Å². The minimum atomic E-state index is 0.386. The number of aromatic nitrogens is 2. The van der Waals surface area contributed by atoms with Crippen molar-refractivity contribution in [1.82, 2.24) is 9.78 Å². The SMILES string of the molecule is CCc1nn(Cc2cccc(Cl)c2)c(Cl)c1CCl. The zero-order chi connectivity index (χ0) is 13.1. The van der Waals surface area contributed by atoms with Crippen LogP contribution in [0.3, 0.4) is 0 Å². The molecular weight excluding hydrogens is 291 g/mol. The standard InChI is InChI=1S/C13H13Cl3N2/c1-2-12-11(7-14)13(16)18(17-12)8-9-4-3-5-10(15)6-9/h3-6H,2,7-8H2,1H3. The van der Waals surface area contributed by atoms with Gasteiger partial charge in [-0.3, -0.25) is 0 Å². The van der Waals surface area contributed by atoms with Gasteiger partial charge >= 0.3 is 0 Å². The minimum Gasteiger partial charge on any atom is -0.249 e. The maximum atomic E-state index is 6.28. The van der Waals surface area contributed by atoms with E-state index in [1.54, 1.807) is 4.68 Å². The normalized spacial score (nSPS) is 10.9. The molecule has 0 saturated heterocycles. The Bertz CT molecular complexity index is 549. The zero-order valence-electron chi connectivity index (χ0n) is 9.96. The first-order valence-corrected chi connectivity index (χ1v) is 6.99. The second-order valence-corrected chi connectivity index (χ2v) is 5.05. The summed E-state index contributed by atoms with van der Waals surface area (Å²) in [5, 5.41) is 5.81. The lowest BCUT2D eigenvalue weighted by atomic mass is 10.2. The fourth-order valence-electron chi connectivity index (χ4n) is 1.85. The van der Waals surface area contributed by atoms with Gasteiger partial charge in [-0.05, 0) is 24.1 Å². The summed E-state index contributed by atoms with van der Waals surface area (Å²) < 4.78 is 1.77. The molecule has 0 aliphatic heterocycles. The van der Waals surface area contributed by atoms with Crippen LogP contribution in [0.15, 0.2) is 24.3 Å². The minimum absolute atomic E-state index is 0.386. The predicted molar refractivity (Wildman–Crippen MR) is 76.7 cm³/mol. The Morgan fingerprint density at radius 1 is 1.28 bits per heavy atom. The molecule has 0 saturated carbocycles. The van der Waals surface area contributed by atoms with Crippen LogP contribution in [0.25, 0.3) is 0 Å². The summed E-state index contributed by atoms with van der Waals surface area (Å²) in [6.45, 7) is 2.64.